The molecule has 0 bridgehead atoms. The molecular weight excluding hydrogens is 474 g/mol. The van der Waals surface area contributed by atoms with Gasteiger partial charge < -0.3 is 10.6 Å². The van der Waals surface area contributed by atoms with E-state index in [1.54, 1.807) is 18.2 Å². The molecule has 0 unspecified atom stereocenters. The van der Waals surface area contributed by atoms with Crippen LogP contribution < -0.4 is 10.6 Å². The van der Waals surface area contributed by atoms with Crippen LogP contribution in [0.25, 0.3) is 0 Å². The third-order valence-electron chi connectivity index (χ3n) is 8.68. The van der Waals surface area contributed by atoms with Crippen molar-refractivity contribution in [3.05, 3.63) is 94.0 Å². The van der Waals surface area contributed by atoms with Crippen LogP contribution in [0.5, 0.6) is 0 Å². The number of anilines is 2. The maximum Gasteiger partial charge on any atom is 0.251 e. The summed E-state index contributed by atoms with van der Waals surface area (Å²) >= 11 is 6.49. The molecule has 4 atom stereocenters. The van der Waals surface area contributed by atoms with Crippen LogP contribution >= 0.6 is 11.6 Å². The van der Waals surface area contributed by atoms with E-state index in [4.69, 9.17) is 11.6 Å². The molecular formula is C29H24ClN3O3. The number of nitrogens with one attached hydrogen (secondary N) is 2. The number of hydrogen-bond donors (Lipinski definition) is 2. The van der Waals surface area contributed by atoms with Gasteiger partial charge >= 0.3 is 0 Å². The number of para-hydroxylation sites is 1. The van der Waals surface area contributed by atoms with E-state index in [2.05, 4.69) is 15.5 Å². The molecule has 2 N–H and O–H groups in total. The van der Waals surface area contributed by atoms with Crippen molar-refractivity contribution in [1.29, 1.82) is 0 Å². The number of carbonyl (C=O) groups is 3. The first kappa shape index (κ1) is 21.8. The predicted molar refractivity (Wildman–Crippen MR) is 137 cm³/mol. The third-order valence-corrected chi connectivity index (χ3v) is 8.91. The first-order valence-electron chi connectivity index (χ1n) is 12.3. The van der Waals surface area contributed by atoms with E-state index in [1.807, 2.05) is 55.5 Å². The van der Waals surface area contributed by atoms with Gasteiger partial charge in [0.15, 0.2) is 5.78 Å². The molecule has 0 radical (unpaired) electrons. The highest BCUT2D eigenvalue weighted by Gasteiger charge is 2.81. The lowest BCUT2D eigenvalue weighted by Gasteiger charge is -2.43. The minimum atomic E-state index is -1.45. The molecule has 2 spiro atoms. The Morgan fingerprint density at radius 1 is 0.944 bits per heavy atom. The van der Waals surface area contributed by atoms with Gasteiger partial charge in [0.05, 0.1) is 5.92 Å². The Hall–Kier alpha value is -3.48. The number of fused-ring (bicyclic) bond motifs is 7. The zero-order valence-electron chi connectivity index (χ0n) is 19.7. The third kappa shape index (κ3) is 2.39. The predicted octanol–water partition coefficient (Wildman–Crippen LogP) is 4.66. The second kappa shape index (κ2) is 7.28. The van der Waals surface area contributed by atoms with Gasteiger partial charge in [-0.3, -0.25) is 19.3 Å². The Bertz CT molecular complexity index is 1490. The summed E-state index contributed by atoms with van der Waals surface area (Å²) in [5.74, 6) is -1.45. The highest BCUT2D eigenvalue weighted by Crippen LogP contribution is 2.67. The fraction of sp³-hybridized carbons (Fsp3) is 0.276. The van der Waals surface area contributed by atoms with E-state index in [0.29, 0.717) is 39.6 Å². The summed E-state index contributed by atoms with van der Waals surface area (Å²) in [5.41, 5.74) is 1.40. The Morgan fingerprint density at radius 2 is 1.67 bits per heavy atom. The largest absolute Gasteiger partial charge is 0.325 e. The van der Waals surface area contributed by atoms with Crippen LogP contribution in [0.3, 0.4) is 0 Å². The van der Waals surface area contributed by atoms with E-state index < -0.39 is 16.9 Å². The van der Waals surface area contributed by atoms with E-state index in [-0.39, 0.29) is 23.6 Å². The number of carbonyl (C=O) groups excluding carboxylic acids is 3. The van der Waals surface area contributed by atoms with Crippen LogP contribution in [0.2, 0.25) is 5.02 Å². The number of halogens is 1. The van der Waals surface area contributed by atoms with Crippen molar-refractivity contribution in [3.63, 3.8) is 0 Å². The molecule has 3 aromatic carbocycles. The van der Waals surface area contributed by atoms with E-state index in [1.165, 1.54) is 0 Å². The van der Waals surface area contributed by atoms with Crippen molar-refractivity contribution in [2.24, 2.45) is 5.92 Å². The van der Waals surface area contributed by atoms with Crippen LogP contribution in [0.1, 0.15) is 39.9 Å². The lowest BCUT2D eigenvalue weighted by Crippen LogP contribution is -2.62. The maximum atomic E-state index is 14.5. The van der Waals surface area contributed by atoms with E-state index in [9.17, 15) is 14.4 Å². The molecule has 7 rings (SSSR count). The number of hydrogen-bond acceptors (Lipinski definition) is 4. The summed E-state index contributed by atoms with van der Waals surface area (Å²) in [4.78, 5) is 45.3. The Labute approximate surface area is 213 Å². The minimum Gasteiger partial charge on any atom is -0.325 e. The SMILES string of the molecule is Cc1ccc(C(=O)[C@@H]2[C@@H]3CCCN3[C@@]3(C(=O)Nc4ccc(Cl)cc43)[C@@]23C(=O)Nc2ccccc23)cc1. The van der Waals surface area contributed by atoms with Crippen molar-refractivity contribution in [1.82, 2.24) is 4.90 Å². The molecule has 4 aliphatic heterocycles. The van der Waals surface area contributed by atoms with Crippen molar-refractivity contribution < 1.29 is 14.4 Å². The van der Waals surface area contributed by atoms with Gasteiger partial charge in [0, 0.05) is 33.6 Å². The van der Waals surface area contributed by atoms with Crippen molar-refractivity contribution in [2.45, 2.75) is 36.8 Å². The normalized spacial score (nSPS) is 29.8. The summed E-state index contributed by atoms with van der Waals surface area (Å²) in [5, 5.41) is 6.58. The van der Waals surface area contributed by atoms with Gasteiger partial charge in [-0.2, -0.15) is 0 Å². The number of rotatable bonds is 2. The molecule has 0 aliphatic carbocycles. The maximum absolute atomic E-state index is 14.5. The zero-order chi connectivity index (χ0) is 24.8. The van der Waals surface area contributed by atoms with E-state index >= 15 is 0 Å². The highest BCUT2D eigenvalue weighted by molar-refractivity contribution is 6.31. The van der Waals surface area contributed by atoms with E-state index in [0.717, 1.165) is 18.4 Å². The summed E-state index contributed by atoms with van der Waals surface area (Å²) < 4.78 is 0. The number of ketones is 1. The molecule has 7 heteroatoms. The lowest BCUT2D eigenvalue weighted by atomic mass is 9.57. The Morgan fingerprint density at radius 3 is 2.47 bits per heavy atom. The van der Waals surface area contributed by atoms with Crippen molar-refractivity contribution in [2.75, 3.05) is 17.2 Å². The molecule has 36 heavy (non-hydrogen) atoms. The number of amides is 2. The molecule has 0 saturated carbocycles. The number of aryl methyl sites for hydroxylation is 1. The van der Waals surface area contributed by atoms with Gasteiger partial charge in [-0.1, -0.05) is 59.6 Å². The summed E-state index contributed by atoms with van der Waals surface area (Å²) in [7, 11) is 0. The number of Topliss-reactive ketones (excluding diaryl/α,β-unsaturated/α-hetero) is 1. The standard InChI is InChI=1S/C29H24ClN3O3/c1-16-8-10-17(11-9-16)25(34)24-23-7-4-14-33(23)29(20-15-18(30)12-13-22(20)32-27(29)36)28(24)19-5-2-3-6-21(19)31-26(28)35/h2-3,5-6,8-13,15,23-24H,4,7,14H2,1H3,(H,31,35)(H,32,36)/t23-,24-,28+,29-/m0/s1. The second-order valence-electron chi connectivity index (χ2n) is 10.3. The number of benzene rings is 3. The van der Waals surface area contributed by atoms with Crippen LogP contribution in [-0.2, 0) is 20.5 Å². The first-order valence-corrected chi connectivity index (χ1v) is 12.7. The molecule has 0 aromatic heterocycles. The topological polar surface area (TPSA) is 78.5 Å². The average molecular weight is 498 g/mol. The van der Waals surface area contributed by atoms with Gasteiger partial charge in [0.1, 0.15) is 11.0 Å². The van der Waals surface area contributed by atoms with Crippen LogP contribution in [0.15, 0.2) is 66.7 Å². The molecule has 4 aliphatic rings. The molecule has 3 aromatic rings. The van der Waals surface area contributed by atoms with Crippen LogP contribution in [-0.4, -0.2) is 35.1 Å². The Kier molecular flexibility index (Phi) is 4.40. The average Bonchev–Trinajstić information content (AvgIpc) is 3.58. The summed E-state index contributed by atoms with van der Waals surface area (Å²) in [6.45, 7) is 2.59. The molecule has 4 heterocycles. The fourth-order valence-electron chi connectivity index (χ4n) is 7.45. The molecule has 2 saturated heterocycles. The fourth-order valence-corrected chi connectivity index (χ4v) is 7.62. The minimum absolute atomic E-state index is 0.112. The van der Waals surface area contributed by atoms with Gasteiger partial charge in [0.2, 0.25) is 5.91 Å². The van der Waals surface area contributed by atoms with Crippen molar-refractivity contribution >= 4 is 40.6 Å². The summed E-state index contributed by atoms with van der Waals surface area (Å²) in [6, 6.07) is 20.0. The molecule has 6 nitrogen and oxygen atoms in total. The second-order valence-corrected chi connectivity index (χ2v) is 10.7. The van der Waals surface area contributed by atoms with Crippen LogP contribution in [0, 0.1) is 12.8 Å². The Balaban J connectivity index is 1.59. The lowest BCUT2D eigenvalue weighted by molar-refractivity contribution is -0.137. The summed E-state index contributed by atoms with van der Waals surface area (Å²) in [6.07, 6.45) is 1.57. The molecule has 180 valence electrons. The quantitative estimate of drug-likeness (QED) is 0.505. The van der Waals surface area contributed by atoms with Gasteiger partial charge in [-0.05, 0) is 56.1 Å². The highest BCUT2D eigenvalue weighted by atomic mass is 35.5. The zero-order valence-corrected chi connectivity index (χ0v) is 20.4. The molecule has 2 amide bonds. The monoisotopic (exact) mass is 497 g/mol. The first-order chi connectivity index (χ1) is 17.4. The van der Waals surface area contributed by atoms with Gasteiger partial charge in [-0.15, -0.1) is 0 Å². The van der Waals surface area contributed by atoms with Gasteiger partial charge in [-0.25, -0.2) is 0 Å². The van der Waals surface area contributed by atoms with Crippen LogP contribution in [0.4, 0.5) is 11.4 Å². The van der Waals surface area contributed by atoms with Gasteiger partial charge in [0.25, 0.3) is 5.91 Å². The molecule has 2 fully saturated rings. The van der Waals surface area contributed by atoms with Crippen molar-refractivity contribution in [3.8, 4) is 0 Å². The smallest absolute Gasteiger partial charge is 0.251 e. The number of nitrogens with zero attached hydrogens (tertiary/aromatic N) is 1.